The molecule has 0 saturated heterocycles. The molecule has 1 aromatic rings. The average molecular weight is 156 g/mol. The van der Waals surface area contributed by atoms with Crippen LogP contribution in [0.1, 0.15) is 6.92 Å². The smallest absolute Gasteiger partial charge is 0.300 e. The standard InChI is InChI=1S/C6H5F.C2H4O2/c7-6-4-2-1-3-5-6;1-2(3)4/h1-5H;1H3,(H,3,4). The molecule has 60 valence electrons. The molecule has 1 rings (SSSR count). The highest BCUT2D eigenvalue weighted by Gasteiger charge is 1.77. The maximum Gasteiger partial charge on any atom is 0.300 e. The first kappa shape index (κ1) is 9.62. The van der Waals surface area contributed by atoms with Crippen molar-refractivity contribution >= 4 is 5.97 Å². The first-order chi connectivity index (χ1) is 5.13. The van der Waals surface area contributed by atoms with Crippen LogP contribution < -0.4 is 0 Å². The summed E-state index contributed by atoms with van der Waals surface area (Å²) in [6.07, 6.45) is 0. The van der Waals surface area contributed by atoms with Gasteiger partial charge in [-0.25, -0.2) is 4.39 Å². The first-order valence-electron chi connectivity index (χ1n) is 3.03. The lowest BCUT2D eigenvalue weighted by molar-refractivity contribution is -0.134. The number of carbonyl (C=O) groups is 1. The van der Waals surface area contributed by atoms with Crippen LogP contribution in [0.5, 0.6) is 0 Å². The van der Waals surface area contributed by atoms with E-state index in [9.17, 15) is 4.39 Å². The maximum atomic E-state index is 11.9. The number of rotatable bonds is 0. The van der Waals surface area contributed by atoms with Crippen LogP contribution in [0.3, 0.4) is 0 Å². The highest BCUT2D eigenvalue weighted by Crippen LogP contribution is 1.91. The summed E-state index contributed by atoms with van der Waals surface area (Å²) in [5.74, 6) is -1.01. The maximum absolute atomic E-state index is 11.9. The zero-order valence-electron chi connectivity index (χ0n) is 6.12. The SMILES string of the molecule is CC(=O)O.Fc1ccccc1. The second-order valence-electron chi connectivity index (χ2n) is 1.81. The zero-order chi connectivity index (χ0) is 8.69. The van der Waals surface area contributed by atoms with Crippen LogP contribution >= 0.6 is 0 Å². The van der Waals surface area contributed by atoms with Gasteiger partial charge in [-0.15, -0.1) is 0 Å². The molecule has 0 bridgehead atoms. The van der Waals surface area contributed by atoms with Crippen LogP contribution in [-0.4, -0.2) is 11.1 Å². The predicted octanol–water partition coefficient (Wildman–Crippen LogP) is 1.92. The normalized spacial score (nSPS) is 7.82. The number of aliphatic carboxylic acids is 1. The summed E-state index contributed by atoms with van der Waals surface area (Å²) >= 11 is 0. The molecule has 0 amide bonds. The van der Waals surface area contributed by atoms with E-state index in [2.05, 4.69) is 0 Å². The molecule has 3 heteroatoms. The van der Waals surface area contributed by atoms with Gasteiger partial charge in [0.1, 0.15) is 5.82 Å². The largest absolute Gasteiger partial charge is 0.481 e. The van der Waals surface area contributed by atoms with Crippen molar-refractivity contribution in [3.05, 3.63) is 36.1 Å². The van der Waals surface area contributed by atoms with Gasteiger partial charge < -0.3 is 5.11 Å². The van der Waals surface area contributed by atoms with Crippen LogP contribution in [0.4, 0.5) is 4.39 Å². The molecule has 1 aromatic carbocycles. The average Bonchev–Trinajstić information content (AvgIpc) is 1.87. The van der Waals surface area contributed by atoms with E-state index in [0.29, 0.717) is 0 Å². The van der Waals surface area contributed by atoms with Gasteiger partial charge in [-0.05, 0) is 12.1 Å². The molecule has 2 nitrogen and oxygen atoms in total. The Hall–Kier alpha value is -1.38. The highest BCUT2D eigenvalue weighted by molar-refractivity contribution is 5.62. The fraction of sp³-hybridized carbons (Fsp3) is 0.125. The summed E-state index contributed by atoms with van der Waals surface area (Å²) in [5, 5.41) is 7.42. The molecule has 0 fully saturated rings. The van der Waals surface area contributed by atoms with Crippen LogP contribution in [-0.2, 0) is 4.79 Å². The number of carboxylic acid groups (broad SMARTS) is 1. The summed E-state index contributed by atoms with van der Waals surface area (Å²) in [6.45, 7) is 1.08. The molecule has 0 aromatic heterocycles. The van der Waals surface area contributed by atoms with Crippen molar-refractivity contribution < 1.29 is 14.3 Å². The van der Waals surface area contributed by atoms with E-state index in [-0.39, 0.29) is 5.82 Å². The minimum absolute atomic E-state index is 0.178. The second kappa shape index (κ2) is 5.41. The van der Waals surface area contributed by atoms with Crippen molar-refractivity contribution in [1.82, 2.24) is 0 Å². The quantitative estimate of drug-likeness (QED) is 0.623. The number of carboxylic acids is 1. The fourth-order valence-corrected chi connectivity index (χ4v) is 0.415. The Morgan fingerprint density at radius 1 is 1.36 bits per heavy atom. The Kier molecular flexibility index (Phi) is 4.73. The summed E-state index contributed by atoms with van der Waals surface area (Å²) in [6, 6.07) is 7.94. The Bertz CT molecular complexity index is 205. The molecule has 0 unspecified atom stereocenters. The van der Waals surface area contributed by atoms with Gasteiger partial charge in [-0.3, -0.25) is 4.79 Å². The van der Waals surface area contributed by atoms with Gasteiger partial charge in [-0.2, -0.15) is 0 Å². The molecule has 0 aliphatic heterocycles. The molecule has 0 spiro atoms. The number of hydrogen-bond donors (Lipinski definition) is 1. The van der Waals surface area contributed by atoms with Crippen LogP contribution in [0.25, 0.3) is 0 Å². The molecular weight excluding hydrogens is 147 g/mol. The Morgan fingerprint density at radius 2 is 1.73 bits per heavy atom. The van der Waals surface area contributed by atoms with Crippen LogP contribution in [0.15, 0.2) is 30.3 Å². The van der Waals surface area contributed by atoms with Crippen molar-refractivity contribution in [3.63, 3.8) is 0 Å². The zero-order valence-corrected chi connectivity index (χ0v) is 6.12. The summed E-state index contributed by atoms with van der Waals surface area (Å²) in [7, 11) is 0. The van der Waals surface area contributed by atoms with Crippen LogP contribution in [0.2, 0.25) is 0 Å². The van der Waals surface area contributed by atoms with Gasteiger partial charge >= 0.3 is 0 Å². The topological polar surface area (TPSA) is 37.3 Å². The number of benzene rings is 1. The highest BCUT2D eigenvalue weighted by atomic mass is 19.1. The molecule has 1 N–H and O–H groups in total. The van der Waals surface area contributed by atoms with Gasteiger partial charge in [0.15, 0.2) is 0 Å². The van der Waals surface area contributed by atoms with E-state index in [4.69, 9.17) is 9.90 Å². The summed E-state index contributed by atoms with van der Waals surface area (Å²) < 4.78 is 11.9. The molecule has 0 aliphatic rings. The van der Waals surface area contributed by atoms with Crippen LogP contribution in [0, 0.1) is 5.82 Å². The van der Waals surface area contributed by atoms with E-state index >= 15 is 0 Å². The third-order valence-electron chi connectivity index (χ3n) is 0.733. The second-order valence-corrected chi connectivity index (χ2v) is 1.81. The first-order valence-corrected chi connectivity index (χ1v) is 3.03. The predicted molar refractivity (Wildman–Crippen MR) is 39.7 cm³/mol. The molecule has 11 heavy (non-hydrogen) atoms. The van der Waals surface area contributed by atoms with E-state index in [1.54, 1.807) is 18.2 Å². The minimum Gasteiger partial charge on any atom is -0.481 e. The summed E-state index contributed by atoms with van der Waals surface area (Å²) in [4.78, 5) is 9.00. The van der Waals surface area contributed by atoms with Crippen molar-refractivity contribution in [3.8, 4) is 0 Å². The Morgan fingerprint density at radius 3 is 1.91 bits per heavy atom. The Labute approximate surface area is 64.3 Å². The van der Waals surface area contributed by atoms with E-state index in [1.165, 1.54) is 12.1 Å². The third kappa shape index (κ3) is 8.62. The molecule has 0 saturated carbocycles. The number of halogens is 1. The lowest BCUT2D eigenvalue weighted by atomic mass is 10.4. The fourth-order valence-electron chi connectivity index (χ4n) is 0.415. The molecule has 0 heterocycles. The Balaban J connectivity index is 0.000000218. The molecular formula is C8H9FO2. The van der Waals surface area contributed by atoms with E-state index < -0.39 is 5.97 Å². The van der Waals surface area contributed by atoms with Gasteiger partial charge in [0, 0.05) is 6.92 Å². The van der Waals surface area contributed by atoms with E-state index in [0.717, 1.165) is 6.92 Å². The third-order valence-corrected chi connectivity index (χ3v) is 0.733. The minimum atomic E-state index is -0.833. The van der Waals surface area contributed by atoms with Crippen molar-refractivity contribution in [2.75, 3.05) is 0 Å². The van der Waals surface area contributed by atoms with Crippen molar-refractivity contribution in [1.29, 1.82) is 0 Å². The van der Waals surface area contributed by atoms with Gasteiger partial charge in [0.2, 0.25) is 0 Å². The summed E-state index contributed by atoms with van der Waals surface area (Å²) in [5.41, 5.74) is 0. The van der Waals surface area contributed by atoms with Gasteiger partial charge in [-0.1, -0.05) is 18.2 Å². The van der Waals surface area contributed by atoms with Gasteiger partial charge in [0.25, 0.3) is 5.97 Å². The van der Waals surface area contributed by atoms with E-state index in [1.807, 2.05) is 0 Å². The van der Waals surface area contributed by atoms with Gasteiger partial charge in [0.05, 0.1) is 0 Å². The monoisotopic (exact) mass is 156 g/mol. The lowest BCUT2D eigenvalue weighted by Gasteiger charge is -1.78. The molecule has 0 radical (unpaired) electrons. The molecule has 0 aliphatic carbocycles. The number of hydrogen-bond acceptors (Lipinski definition) is 1. The van der Waals surface area contributed by atoms with Crippen molar-refractivity contribution in [2.45, 2.75) is 6.92 Å². The lowest BCUT2D eigenvalue weighted by Crippen LogP contribution is -1.78. The van der Waals surface area contributed by atoms with Crippen molar-refractivity contribution in [2.24, 2.45) is 0 Å². The molecule has 0 atom stereocenters.